The second kappa shape index (κ2) is 7.27. The van der Waals surface area contributed by atoms with Gasteiger partial charge in [-0.15, -0.1) is 0 Å². The van der Waals surface area contributed by atoms with E-state index < -0.39 is 0 Å². The maximum absolute atomic E-state index is 4.67. The maximum Gasteiger partial charge on any atom is 0.229 e. The molecule has 0 saturated carbocycles. The molecule has 0 aliphatic carbocycles. The zero-order chi connectivity index (χ0) is 19.6. The van der Waals surface area contributed by atoms with E-state index in [9.17, 15) is 0 Å². The van der Waals surface area contributed by atoms with Gasteiger partial charge < -0.3 is 5.32 Å². The van der Waals surface area contributed by atoms with Crippen molar-refractivity contribution < 1.29 is 0 Å². The maximum atomic E-state index is 4.67. The van der Waals surface area contributed by atoms with Crippen LogP contribution in [-0.4, -0.2) is 19.5 Å². The molecule has 0 saturated heterocycles. The largest absolute Gasteiger partial charge is 0.324 e. The summed E-state index contributed by atoms with van der Waals surface area (Å²) in [4.78, 5) is 13.5. The van der Waals surface area contributed by atoms with E-state index in [4.69, 9.17) is 0 Å². The van der Waals surface area contributed by atoms with Gasteiger partial charge in [-0.05, 0) is 29.2 Å². The lowest BCUT2D eigenvalue weighted by Crippen LogP contribution is -2.10. The van der Waals surface area contributed by atoms with Crippen LogP contribution in [0.4, 0.5) is 11.6 Å². The molecule has 0 atom stereocenters. The fraction of sp³-hybridized carbons (Fsp3) is 0.174. The third kappa shape index (κ3) is 3.78. The summed E-state index contributed by atoms with van der Waals surface area (Å²) in [5.74, 6) is 2.16. The second-order valence-electron chi connectivity index (χ2n) is 7.68. The van der Waals surface area contributed by atoms with E-state index in [0.717, 1.165) is 22.9 Å². The molecule has 0 bridgehead atoms. The summed E-state index contributed by atoms with van der Waals surface area (Å²) >= 11 is 0. The molecule has 2 aromatic heterocycles. The van der Waals surface area contributed by atoms with E-state index in [-0.39, 0.29) is 5.41 Å². The highest BCUT2D eigenvalue weighted by Gasteiger charge is 2.13. The number of nitrogens with zero attached hydrogens (tertiary/aromatic N) is 4. The molecule has 2 aromatic carbocycles. The van der Waals surface area contributed by atoms with E-state index in [1.165, 1.54) is 5.56 Å². The molecule has 140 valence electrons. The van der Waals surface area contributed by atoms with Gasteiger partial charge in [0.25, 0.3) is 0 Å². The number of rotatable bonds is 4. The van der Waals surface area contributed by atoms with Crippen LogP contribution in [0, 0.1) is 0 Å². The van der Waals surface area contributed by atoms with Crippen LogP contribution < -0.4 is 5.32 Å². The summed E-state index contributed by atoms with van der Waals surface area (Å²) in [5.41, 5.74) is 3.42. The van der Waals surface area contributed by atoms with Gasteiger partial charge in [0.05, 0.1) is 0 Å². The molecule has 28 heavy (non-hydrogen) atoms. The van der Waals surface area contributed by atoms with Gasteiger partial charge in [-0.1, -0.05) is 63.2 Å². The molecule has 5 heteroatoms. The quantitative estimate of drug-likeness (QED) is 0.525. The van der Waals surface area contributed by atoms with Crippen molar-refractivity contribution in [1.82, 2.24) is 19.5 Å². The number of benzene rings is 2. The fourth-order valence-corrected chi connectivity index (χ4v) is 3.02. The smallest absolute Gasteiger partial charge is 0.229 e. The summed E-state index contributed by atoms with van der Waals surface area (Å²) in [7, 11) is 0. The van der Waals surface area contributed by atoms with Gasteiger partial charge in [0.1, 0.15) is 11.6 Å². The van der Waals surface area contributed by atoms with Crippen LogP contribution in [0.3, 0.4) is 0 Å². The monoisotopic (exact) mass is 369 g/mol. The minimum absolute atomic E-state index is 0.129. The zero-order valence-electron chi connectivity index (χ0n) is 16.3. The first kappa shape index (κ1) is 17.9. The molecule has 0 aliphatic heterocycles. The Balaban J connectivity index is 1.60. The molecule has 0 unspecified atom stereocenters. The third-order valence-corrected chi connectivity index (χ3v) is 4.57. The SMILES string of the molecule is CC(C)(C)c1ccc(Nc2nccc(-n3ccnc3-c3ccccc3)n2)cc1. The lowest BCUT2D eigenvalue weighted by molar-refractivity contribution is 0.590. The minimum Gasteiger partial charge on any atom is -0.324 e. The number of nitrogens with one attached hydrogen (secondary N) is 1. The first-order valence-electron chi connectivity index (χ1n) is 9.30. The highest BCUT2D eigenvalue weighted by Crippen LogP contribution is 2.25. The average molecular weight is 369 g/mol. The van der Waals surface area contributed by atoms with Crippen molar-refractivity contribution in [3.63, 3.8) is 0 Å². The summed E-state index contributed by atoms with van der Waals surface area (Å²) in [6.07, 6.45) is 5.44. The Kier molecular flexibility index (Phi) is 4.65. The summed E-state index contributed by atoms with van der Waals surface area (Å²) in [6, 6.07) is 20.3. The summed E-state index contributed by atoms with van der Waals surface area (Å²) in [6.45, 7) is 6.62. The van der Waals surface area contributed by atoms with Gasteiger partial charge in [-0.3, -0.25) is 4.57 Å². The third-order valence-electron chi connectivity index (χ3n) is 4.57. The Morgan fingerprint density at radius 1 is 0.821 bits per heavy atom. The van der Waals surface area contributed by atoms with Crippen molar-refractivity contribution in [2.75, 3.05) is 5.32 Å². The standard InChI is InChI=1S/C23H23N5/c1-23(2,3)18-9-11-19(12-10-18)26-22-25-14-13-20(27-22)28-16-15-24-21(28)17-7-5-4-6-8-17/h4-16H,1-3H3,(H,25,26,27). The van der Waals surface area contributed by atoms with E-state index in [2.05, 4.69) is 65.3 Å². The molecule has 5 nitrogen and oxygen atoms in total. The van der Waals surface area contributed by atoms with Crippen molar-refractivity contribution >= 4 is 11.6 Å². The molecule has 4 aromatic rings. The van der Waals surface area contributed by atoms with Gasteiger partial charge in [-0.2, -0.15) is 4.98 Å². The Labute approximate surface area is 165 Å². The highest BCUT2D eigenvalue weighted by atomic mass is 15.2. The van der Waals surface area contributed by atoms with Gasteiger partial charge >= 0.3 is 0 Å². The summed E-state index contributed by atoms with van der Waals surface area (Å²) in [5, 5.41) is 3.29. The van der Waals surface area contributed by atoms with E-state index in [1.54, 1.807) is 12.4 Å². The predicted molar refractivity (Wildman–Crippen MR) is 113 cm³/mol. The zero-order valence-corrected chi connectivity index (χ0v) is 16.3. The van der Waals surface area contributed by atoms with Crippen LogP contribution in [0.25, 0.3) is 17.2 Å². The number of hydrogen-bond donors (Lipinski definition) is 1. The van der Waals surface area contributed by atoms with Crippen molar-refractivity contribution in [2.45, 2.75) is 26.2 Å². The van der Waals surface area contributed by atoms with Crippen molar-refractivity contribution in [3.8, 4) is 17.2 Å². The minimum atomic E-state index is 0.129. The Bertz CT molecular complexity index is 1060. The molecule has 1 N–H and O–H groups in total. The van der Waals surface area contributed by atoms with E-state index >= 15 is 0 Å². The van der Waals surface area contributed by atoms with Crippen molar-refractivity contribution in [1.29, 1.82) is 0 Å². The normalized spacial score (nSPS) is 11.4. The fourth-order valence-electron chi connectivity index (χ4n) is 3.02. The topological polar surface area (TPSA) is 55.6 Å². The Morgan fingerprint density at radius 2 is 1.57 bits per heavy atom. The van der Waals surface area contributed by atoms with Crippen molar-refractivity contribution in [3.05, 3.63) is 84.8 Å². The molecule has 0 fully saturated rings. The number of hydrogen-bond acceptors (Lipinski definition) is 4. The molecule has 0 spiro atoms. The molecule has 0 radical (unpaired) electrons. The first-order valence-corrected chi connectivity index (χ1v) is 9.30. The Morgan fingerprint density at radius 3 is 2.29 bits per heavy atom. The lowest BCUT2D eigenvalue weighted by atomic mass is 9.87. The second-order valence-corrected chi connectivity index (χ2v) is 7.68. The van der Waals surface area contributed by atoms with Gasteiger partial charge in [0.2, 0.25) is 5.95 Å². The van der Waals surface area contributed by atoms with Crippen LogP contribution >= 0.6 is 0 Å². The molecular weight excluding hydrogens is 346 g/mol. The van der Waals surface area contributed by atoms with Crippen LogP contribution in [0.5, 0.6) is 0 Å². The first-order chi connectivity index (χ1) is 13.5. The number of aromatic nitrogens is 4. The molecular formula is C23H23N5. The number of imidazole rings is 1. The number of anilines is 2. The van der Waals surface area contributed by atoms with Crippen LogP contribution in [-0.2, 0) is 5.41 Å². The van der Waals surface area contributed by atoms with Crippen LogP contribution in [0.15, 0.2) is 79.3 Å². The van der Waals surface area contributed by atoms with Crippen LogP contribution in [0.1, 0.15) is 26.3 Å². The Hall–Kier alpha value is -3.47. The lowest BCUT2D eigenvalue weighted by Gasteiger charge is -2.19. The van der Waals surface area contributed by atoms with E-state index in [0.29, 0.717) is 5.95 Å². The van der Waals surface area contributed by atoms with E-state index in [1.807, 2.05) is 47.2 Å². The van der Waals surface area contributed by atoms with Gasteiger partial charge in [0.15, 0.2) is 0 Å². The predicted octanol–water partition coefficient (Wildman–Crippen LogP) is 5.37. The van der Waals surface area contributed by atoms with Gasteiger partial charge in [0, 0.05) is 29.8 Å². The molecule has 0 amide bonds. The van der Waals surface area contributed by atoms with Crippen molar-refractivity contribution in [2.24, 2.45) is 0 Å². The molecule has 4 rings (SSSR count). The molecule has 0 aliphatic rings. The average Bonchev–Trinajstić information content (AvgIpc) is 3.19. The van der Waals surface area contributed by atoms with Crippen LogP contribution in [0.2, 0.25) is 0 Å². The van der Waals surface area contributed by atoms with Gasteiger partial charge in [-0.25, -0.2) is 9.97 Å². The summed E-state index contributed by atoms with van der Waals surface area (Å²) < 4.78 is 1.96. The highest BCUT2D eigenvalue weighted by molar-refractivity contribution is 5.59. The molecule has 2 heterocycles.